The maximum atomic E-state index is 10.0. The summed E-state index contributed by atoms with van der Waals surface area (Å²) in [6.07, 6.45) is 22.9. The van der Waals surface area contributed by atoms with Crippen molar-refractivity contribution in [3.63, 3.8) is 0 Å². The highest BCUT2D eigenvalue weighted by atomic mass is 16.5. The quantitative estimate of drug-likeness (QED) is 0.200. The van der Waals surface area contributed by atoms with Crippen LogP contribution in [0.25, 0.3) is 0 Å². The predicted molar refractivity (Wildman–Crippen MR) is 115 cm³/mol. The molecule has 26 heavy (non-hydrogen) atoms. The first-order valence-electron chi connectivity index (χ1n) is 11.4. The first-order chi connectivity index (χ1) is 12.7. The summed E-state index contributed by atoms with van der Waals surface area (Å²) in [7, 11) is 0. The lowest BCUT2D eigenvalue weighted by Gasteiger charge is -2.15. The lowest BCUT2D eigenvalue weighted by Crippen LogP contribution is -2.37. The molecule has 3 N–H and O–H groups in total. The zero-order valence-electron chi connectivity index (χ0n) is 17.8. The number of hydrogen-bond acceptors (Lipinski definition) is 3. The van der Waals surface area contributed by atoms with E-state index in [0.29, 0.717) is 6.61 Å². The normalized spacial score (nSPS) is 14.2. The molecule has 3 heteroatoms. The molecule has 156 valence electrons. The first-order valence-corrected chi connectivity index (χ1v) is 11.4. The number of nitrogens with two attached hydrogens (primary N) is 1. The van der Waals surface area contributed by atoms with Gasteiger partial charge in [-0.1, -0.05) is 103 Å². The van der Waals surface area contributed by atoms with Gasteiger partial charge in [0.1, 0.15) is 0 Å². The van der Waals surface area contributed by atoms with E-state index in [1.165, 1.54) is 83.5 Å². The van der Waals surface area contributed by atoms with Crippen molar-refractivity contribution < 1.29 is 9.84 Å². The highest BCUT2D eigenvalue weighted by Gasteiger charge is 2.11. The molecule has 0 aliphatic carbocycles. The molecule has 2 atom stereocenters. The van der Waals surface area contributed by atoms with Crippen LogP contribution >= 0.6 is 0 Å². The second-order valence-electron chi connectivity index (χ2n) is 7.69. The minimum absolute atomic E-state index is 0.315. The molecule has 0 aliphatic heterocycles. The topological polar surface area (TPSA) is 55.5 Å². The van der Waals surface area contributed by atoms with Crippen molar-refractivity contribution >= 4 is 0 Å². The van der Waals surface area contributed by atoms with Crippen LogP contribution in [0, 0.1) is 0 Å². The molecule has 0 bridgehead atoms. The van der Waals surface area contributed by atoms with Crippen LogP contribution in [0.4, 0.5) is 0 Å². The van der Waals surface area contributed by atoms with Crippen molar-refractivity contribution in [3.8, 4) is 0 Å². The van der Waals surface area contributed by atoms with Gasteiger partial charge in [-0.3, -0.25) is 0 Å². The predicted octanol–water partition coefficient (Wildman–Crippen LogP) is 6.14. The van der Waals surface area contributed by atoms with Gasteiger partial charge >= 0.3 is 0 Å². The Morgan fingerprint density at radius 3 is 1.85 bits per heavy atom. The molecule has 0 amide bonds. The molecular formula is C23H47NO2. The molecule has 0 rings (SSSR count). The van der Waals surface area contributed by atoms with Crippen LogP contribution in [-0.2, 0) is 4.74 Å². The zero-order chi connectivity index (χ0) is 19.3. The van der Waals surface area contributed by atoms with E-state index in [2.05, 4.69) is 19.9 Å². The maximum Gasteiger partial charge on any atom is 0.0894 e. The Balaban J connectivity index is 3.37. The van der Waals surface area contributed by atoms with E-state index in [1.807, 2.05) is 6.08 Å². The summed E-state index contributed by atoms with van der Waals surface area (Å²) < 4.78 is 5.52. The van der Waals surface area contributed by atoms with Crippen LogP contribution < -0.4 is 5.73 Å². The summed E-state index contributed by atoms with van der Waals surface area (Å²) in [5.74, 6) is 0. The lowest BCUT2D eigenvalue weighted by molar-refractivity contribution is 0.0785. The smallest absolute Gasteiger partial charge is 0.0894 e. The summed E-state index contributed by atoms with van der Waals surface area (Å²) in [5.41, 5.74) is 5.95. The number of aliphatic hydroxyl groups is 1. The van der Waals surface area contributed by atoms with E-state index in [-0.39, 0.29) is 6.04 Å². The summed E-state index contributed by atoms with van der Waals surface area (Å²) in [5, 5.41) is 10.0. The number of hydrogen-bond donors (Lipinski definition) is 2. The molecule has 0 aliphatic rings. The van der Waals surface area contributed by atoms with Crippen LogP contribution in [0.1, 0.15) is 110 Å². The molecule has 0 spiro atoms. The van der Waals surface area contributed by atoms with E-state index >= 15 is 0 Å². The minimum atomic E-state index is -0.589. The SMILES string of the molecule is CCCCCCCCCCCCC/C=C/C(O)C(N)COCCCCC. The minimum Gasteiger partial charge on any atom is -0.387 e. The van der Waals surface area contributed by atoms with Crippen LogP contribution in [0.5, 0.6) is 0 Å². The maximum absolute atomic E-state index is 10.0. The third-order valence-corrected chi connectivity index (χ3v) is 4.95. The Morgan fingerprint density at radius 2 is 1.27 bits per heavy atom. The third kappa shape index (κ3) is 18.4. The van der Waals surface area contributed by atoms with Crippen LogP contribution in [0.3, 0.4) is 0 Å². The highest BCUT2D eigenvalue weighted by Crippen LogP contribution is 2.12. The zero-order valence-corrected chi connectivity index (χ0v) is 17.8. The second kappa shape index (κ2) is 20.9. The number of ether oxygens (including phenoxy) is 1. The van der Waals surface area contributed by atoms with Gasteiger partial charge in [0.25, 0.3) is 0 Å². The highest BCUT2D eigenvalue weighted by molar-refractivity contribution is 4.93. The van der Waals surface area contributed by atoms with Crippen molar-refractivity contribution in [1.82, 2.24) is 0 Å². The monoisotopic (exact) mass is 369 g/mol. The van der Waals surface area contributed by atoms with Crippen LogP contribution in [-0.4, -0.2) is 30.5 Å². The standard InChI is InChI=1S/C23H47NO2/c1-3-5-7-8-9-10-11-12-13-14-15-16-17-19-23(25)22(24)21-26-20-18-6-4-2/h17,19,22-23,25H,3-16,18,20-21,24H2,1-2H3/b19-17+. The summed E-state index contributed by atoms with van der Waals surface area (Å²) in [6.45, 7) is 5.63. The molecule has 0 aromatic heterocycles. The number of rotatable bonds is 20. The fourth-order valence-corrected chi connectivity index (χ4v) is 3.08. The summed E-state index contributed by atoms with van der Waals surface area (Å²) in [4.78, 5) is 0. The first kappa shape index (κ1) is 25.6. The van der Waals surface area contributed by atoms with Crippen molar-refractivity contribution in [2.24, 2.45) is 5.73 Å². The van der Waals surface area contributed by atoms with E-state index < -0.39 is 6.10 Å². The summed E-state index contributed by atoms with van der Waals surface area (Å²) >= 11 is 0. The second-order valence-corrected chi connectivity index (χ2v) is 7.69. The van der Waals surface area contributed by atoms with Gasteiger partial charge in [0.05, 0.1) is 18.8 Å². The Labute approximate surface area is 163 Å². The summed E-state index contributed by atoms with van der Waals surface area (Å²) in [6, 6.07) is -0.315. The molecule has 0 aromatic carbocycles. The third-order valence-electron chi connectivity index (χ3n) is 4.95. The van der Waals surface area contributed by atoms with Gasteiger partial charge in [-0.2, -0.15) is 0 Å². The van der Waals surface area contributed by atoms with Gasteiger partial charge < -0.3 is 15.6 Å². The van der Waals surface area contributed by atoms with E-state index in [1.54, 1.807) is 0 Å². The van der Waals surface area contributed by atoms with Gasteiger partial charge in [-0.05, 0) is 19.3 Å². The van der Waals surface area contributed by atoms with Gasteiger partial charge in [0, 0.05) is 6.61 Å². The van der Waals surface area contributed by atoms with E-state index in [9.17, 15) is 5.11 Å². The van der Waals surface area contributed by atoms with Crippen molar-refractivity contribution in [3.05, 3.63) is 12.2 Å². The molecule has 0 fully saturated rings. The molecule has 0 saturated heterocycles. The van der Waals surface area contributed by atoms with Crippen LogP contribution in [0.2, 0.25) is 0 Å². The fraction of sp³-hybridized carbons (Fsp3) is 0.913. The molecule has 0 aromatic rings. The van der Waals surface area contributed by atoms with Gasteiger partial charge in [0.15, 0.2) is 0 Å². The fourth-order valence-electron chi connectivity index (χ4n) is 3.08. The molecule has 0 heterocycles. The molecule has 0 radical (unpaired) electrons. The van der Waals surface area contributed by atoms with Gasteiger partial charge in [-0.15, -0.1) is 0 Å². The van der Waals surface area contributed by atoms with Crippen LogP contribution in [0.15, 0.2) is 12.2 Å². The molecule has 0 saturated carbocycles. The van der Waals surface area contributed by atoms with Crippen molar-refractivity contribution in [2.45, 2.75) is 122 Å². The number of aliphatic hydroxyl groups excluding tert-OH is 1. The Hall–Kier alpha value is -0.380. The van der Waals surface area contributed by atoms with Crippen molar-refractivity contribution in [1.29, 1.82) is 0 Å². The van der Waals surface area contributed by atoms with Gasteiger partial charge in [0.2, 0.25) is 0 Å². The molecular weight excluding hydrogens is 322 g/mol. The molecule has 2 unspecified atom stereocenters. The average Bonchev–Trinajstić information content (AvgIpc) is 2.65. The lowest BCUT2D eigenvalue weighted by atomic mass is 10.0. The Bertz CT molecular complexity index is 294. The van der Waals surface area contributed by atoms with Crippen molar-refractivity contribution in [2.75, 3.05) is 13.2 Å². The van der Waals surface area contributed by atoms with E-state index in [0.717, 1.165) is 19.4 Å². The number of allylic oxidation sites excluding steroid dienone is 1. The van der Waals surface area contributed by atoms with Gasteiger partial charge in [-0.25, -0.2) is 0 Å². The number of unbranched alkanes of at least 4 members (excludes halogenated alkanes) is 13. The largest absolute Gasteiger partial charge is 0.387 e. The molecule has 3 nitrogen and oxygen atoms in total. The Morgan fingerprint density at radius 1 is 0.769 bits per heavy atom. The average molecular weight is 370 g/mol. The Kier molecular flexibility index (Phi) is 20.6. The van der Waals surface area contributed by atoms with E-state index in [4.69, 9.17) is 10.5 Å².